The average molecular weight is 490 g/mol. The fraction of sp³-hybridized carbons (Fsp3) is 0.632. The Morgan fingerprint density at radius 1 is 1.04 bits per heavy atom. The zero-order chi connectivity index (χ0) is 17.1. The molecular formula is C19H33CuNSSn. The van der Waals surface area contributed by atoms with Crippen molar-refractivity contribution in [2.45, 2.75) is 72.6 Å². The molecule has 0 saturated carbocycles. The number of unbranched alkanes of at least 4 members (excludes halogenated alkanes) is 3. The molecule has 0 aliphatic heterocycles. The molecule has 0 atom stereocenters. The molecular weight excluding hydrogens is 457 g/mol. The molecule has 1 aromatic heterocycles. The summed E-state index contributed by atoms with van der Waals surface area (Å²) in [6.45, 7) is 16.4. The van der Waals surface area contributed by atoms with Crippen molar-refractivity contribution in [2.24, 2.45) is 0 Å². The van der Waals surface area contributed by atoms with Crippen molar-refractivity contribution in [2.75, 3.05) is 0 Å². The van der Waals surface area contributed by atoms with Crippen LogP contribution in [0.2, 0.25) is 13.3 Å². The van der Waals surface area contributed by atoms with Gasteiger partial charge in [0.05, 0.1) is 0 Å². The molecule has 1 radical (unpaired) electrons. The van der Waals surface area contributed by atoms with Gasteiger partial charge in [-0.15, -0.1) is 5.38 Å². The molecule has 1 heterocycles. The first-order valence-electron chi connectivity index (χ1n) is 8.46. The summed E-state index contributed by atoms with van der Waals surface area (Å²) in [5, 5.41) is 11.4. The van der Waals surface area contributed by atoms with Crippen LogP contribution in [0, 0.1) is 23.8 Å². The van der Waals surface area contributed by atoms with E-state index in [9.17, 15) is 0 Å². The van der Waals surface area contributed by atoms with E-state index < -0.39 is 18.4 Å². The summed E-state index contributed by atoms with van der Waals surface area (Å²) in [5.74, 6) is 0. The molecule has 0 aromatic carbocycles. The summed E-state index contributed by atoms with van der Waals surface area (Å²) >= 11 is -0.374. The maximum atomic E-state index is 6.50. The summed E-state index contributed by atoms with van der Waals surface area (Å²) in [4.78, 5) is 0. The third-order valence-corrected chi connectivity index (χ3v) is 18.0. The summed E-state index contributed by atoms with van der Waals surface area (Å²) < 4.78 is 6.72. The van der Waals surface area contributed by atoms with Crippen LogP contribution < -0.4 is 0 Å². The second kappa shape index (κ2) is 22.2. The topological polar surface area (TPSA) is 23.8 Å². The van der Waals surface area contributed by atoms with Gasteiger partial charge >= 0.3 is 119 Å². The van der Waals surface area contributed by atoms with Crippen molar-refractivity contribution < 1.29 is 17.1 Å². The number of hydrogen-bond acceptors (Lipinski definition) is 2. The van der Waals surface area contributed by atoms with Gasteiger partial charge in [0.15, 0.2) is 0 Å². The van der Waals surface area contributed by atoms with Crippen molar-refractivity contribution in [1.82, 2.24) is 0 Å². The summed E-state index contributed by atoms with van der Waals surface area (Å²) in [7, 11) is 0. The fourth-order valence-electron chi connectivity index (χ4n) is 2.41. The number of thiophene rings is 1. The van der Waals surface area contributed by atoms with Gasteiger partial charge in [-0.1, -0.05) is 0 Å². The van der Waals surface area contributed by atoms with E-state index in [0.717, 1.165) is 0 Å². The first-order valence-corrected chi connectivity index (χ1v) is 17.0. The van der Waals surface area contributed by atoms with Crippen LogP contribution in [0.4, 0.5) is 0 Å². The van der Waals surface area contributed by atoms with Crippen molar-refractivity contribution in [3.8, 4) is 6.57 Å². The Hall–Kier alpha value is 0.248. The second-order valence-corrected chi connectivity index (χ2v) is 19.3. The Morgan fingerprint density at radius 2 is 1.48 bits per heavy atom. The van der Waals surface area contributed by atoms with E-state index in [1.54, 1.807) is 11.3 Å². The maximum absolute atomic E-state index is 6.50. The fourth-order valence-corrected chi connectivity index (χ4v) is 15.4. The van der Waals surface area contributed by atoms with E-state index in [1.165, 1.54) is 51.8 Å². The van der Waals surface area contributed by atoms with Crippen LogP contribution in [0.1, 0.15) is 59.3 Å². The molecule has 0 amide bonds. The predicted octanol–water partition coefficient (Wildman–Crippen LogP) is 7.05. The standard InChI is InChI=1S/C4H3S.3C4H9.C2H2.CHN.Cu.Sn/c1-2-4-5-3-1;3*1-3-4-2;2*1-2;;/h1-3H;3*1,3-4H2,2H3;1-2H;1H;;/q-1;;;;-1;;+2;. The SMILES string of the molecule is C#N.[CH-]=[CH][Sn]([CH2]CCC)([CH2]CCC)[CH2]CCC.[Cu+2].[c-]1cccs1. The van der Waals surface area contributed by atoms with Gasteiger partial charge in [-0.05, 0) is 0 Å². The predicted molar refractivity (Wildman–Crippen MR) is 104 cm³/mol. The summed E-state index contributed by atoms with van der Waals surface area (Å²) in [6.07, 6.45) is 8.26. The molecule has 23 heavy (non-hydrogen) atoms. The Balaban J connectivity index is -0.000000415. The third-order valence-electron chi connectivity index (χ3n) is 3.82. The van der Waals surface area contributed by atoms with Gasteiger partial charge in [0.25, 0.3) is 0 Å². The van der Waals surface area contributed by atoms with Crippen molar-refractivity contribution in [3.63, 3.8) is 0 Å². The Kier molecular flexibility index (Phi) is 27.2. The molecule has 1 nitrogen and oxygen atoms in total. The van der Waals surface area contributed by atoms with E-state index in [-0.39, 0.29) is 17.1 Å². The van der Waals surface area contributed by atoms with E-state index in [4.69, 9.17) is 11.8 Å². The number of nitrogens with zero attached hydrogens (tertiary/aromatic N) is 1. The van der Waals surface area contributed by atoms with Crippen LogP contribution in [0.3, 0.4) is 0 Å². The molecule has 1 aromatic rings. The molecule has 0 aliphatic rings. The summed E-state index contributed by atoms with van der Waals surface area (Å²) in [6, 6.07) is 3.86. The Labute approximate surface area is 163 Å². The van der Waals surface area contributed by atoms with Gasteiger partial charge < -0.3 is 11.3 Å². The molecule has 0 saturated heterocycles. The van der Waals surface area contributed by atoms with Gasteiger partial charge in [0, 0.05) is 6.57 Å². The molecule has 1 rings (SSSR count). The zero-order valence-corrected chi connectivity index (χ0v) is 19.6. The Bertz CT molecular complexity index is 299. The minimum Gasteiger partial charge on any atom is -0.304 e. The van der Waals surface area contributed by atoms with Crippen LogP contribution in [0.5, 0.6) is 0 Å². The minimum absolute atomic E-state index is 0. The molecule has 0 N–H and O–H groups in total. The van der Waals surface area contributed by atoms with Gasteiger partial charge in [0.2, 0.25) is 0 Å². The average Bonchev–Trinajstić information content (AvgIpc) is 3.16. The number of hydrogen-bond donors (Lipinski definition) is 0. The number of rotatable bonds is 10. The quantitative estimate of drug-likeness (QED) is 0.255. The number of nitriles is 1. The molecule has 0 aliphatic carbocycles. The molecule has 0 fully saturated rings. The zero-order valence-electron chi connectivity index (χ0n) is 15.0. The second-order valence-electron chi connectivity index (χ2n) is 5.57. The van der Waals surface area contributed by atoms with Crippen LogP contribution in [-0.2, 0) is 17.1 Å². The Morgan fingerprint density at radius 3 is 1.65 bits per heavy atom. The van der Waals surface area contributed by atoms with E-state index in [2.05, 4.69) is 36.8 Å². The van der Waals surface area contributed by atoms with Gasteiger partial charge in [-0.25, -0.2) is 11.3 Å². The molecule has 135 valence electrons. The molecule has 0 unspecified atom stereocenters. The molecule has 0 bridgehead atoms. The normalized spacial score (nSPS) is 9.43. The van der Waals surface area contributed by atoms with Gasteiger partial charge in [0.1, 0.15) is 0 Å². The van der Waals surface area contributed by atoms with Crippen LogP contribution in [0.15, 0.2) is 21.6 Å². The first kappa shape index (κ1) is 28.1. The molecule has 4 heteroatoms. The third kappa shape index (κ3) is 16.9. The van der Waals surface area contributed by atoms with Crippen LogP contribution >= 0.6 is 11.3 Å². The van der Waals surface area contributed by atoms with Gasteiger partial charge in [-0.2, -0.15) is 11.4 Å². The monoisotopic (exact) mass is 490 g/mol. The van der Waals surface area contributed by atoms with Gasteiger partial charge in [-0.3, -0.25) is 0 Å². The van der Waals surface area contributed by atoms with Crippen molar-refractivity contribution in [3.05, 3.63) is 33.6 Å². The largest absolute Gasteiger partial charge is 2.00 e. The van der Waals surface area contributed by atoms with E-state index in [0.29, 0.717) is 0 Å². The van der Waals surface area contributed by atoms with Crippen LogP contribution in [0.25, 0.3) is 0 Å². The summed E-state index contributed by atoms with van der Waals surface area (Å²) in [5.41, 5.74) is 0. The van der Waals surface area contributed by atoms with E-state index in [1.807, 2.05) is 17.5 Å². The van der Waals surface area contributed by atoms with E-state index >= 15 is 0 Å². The van der Waals surface area contributed by atoms with Crippen molar-refractivity contribution in [1.29, 1.82) is 5.26 Å². The smallest absolute Gasteiger partial charge is 0.304 e. The molecule has 0 spiro atoms. The maximum Gasteiger partial charge on any atom is 2.00 e. The van der Waals surface area contributed by atoms with Crippen molar-refractivity contribution >= 4 is 29.7 Å². The minimum atomic E-state index is -1.96. The van der Waals surface area contributed by atoms with Crippen LogP contribution in [-0.4, -0.2) is 18.4 Å². The first-order chi connectivity index (χ1) is 10.7.